The summed E-state index contributed by atoms with van der Waals surface area (Å²) in [6.07, 6.45) is -0.277. The zero-order valence-corrected chi connectivity index (χ0v) is 13.0. The molecule has 0 radical (unpaired) electrons. The molecule has 102 valence electrons. The Bertz CT molecular complexity index is 219. The quantitative estimate of drug-likeness (QED) is 0.734. The molecule has 0 aliphatic rings. The molecule has 0 aromatic heterocycles. The fourth-order valence-electron chi connectivity index (χ4n) is 0.873. The van der Waals surface area contributed by atoms with Crippen LogP contribution in [0.5, 0.6) is 0 Å². The van der Waals surface area contributed by atoms with Crippen molar-refractivity contribution in [3.05, 3.63) is 0 Å². The van der Waals surface area contributed by atoms with Crippen molar-refractivity contribution >= 4 is 25.7 Å². The number of carbonyl (C=O) groups is 1. The molecular formula is C10H19F3O3Sn. The molecule has 0 aliphatic carbocycles. The Balaban J connectivity index is 0. The molecular weight excluding hydrogens is 344 g/mol. The Morgan fingerprint density at radius 2 is 1.41 bits per heavy atom. The number of carboxylic acid groups (broad SMARTS) is 1. The van der Waals surface area contributed by atoms with Gasteiger partial charge in [-0.15, -0.1) is 0 Å². The minimum atomic E-state index is -5.08. The van der Waals surface area contributed by atoms with E-state index in [1.807, 2.05) is 0 Å². The van der Waals surface area contributed by atoms with Crippen LogP contribution in [0.15, 0.2) is 0 Å². The second kappa shape index (κ2) is 11.0. The molecule has 0 bridgehead atoms. The van der Waals surface area contributed by atoms with Crippen LogP contribution < -0.4 is 0 Å². The molecule has 0 amide bonds. The zero-order chi connectivity index (χ0) is 13.9. The Morgan fingerprint density at radius 1 is 1.12 bits per heavy atom. The van der Waals surface area contributed by atoms with Crippen molar-refractivity contribution in [1.82, 2.24) is 0 Å². The standard InChI is InChI=1S/2C4H9.C2HF3O2.O.Sn/c2*1-3-4-2;3-2(4,5)1(6)7;;/h2*1,3-4H2,2H3;(H,6,7);;. The van der Waals surface area contributed by atoms with E-state index in [4.69, 9.17) is 9.90 Å². The topological polar surface area (TPSA) is 54.4 Å². The van der Waals surface area contributed by atoms with Gasteiger partial charge in [0.15, 0.2) is 0 Å². The van der Waals surface area contributed by atoms with Crippen molar-refractivity contribution in [2.45, 2.75) is 54.6 Å². The van der Waals surface area contributed by atoms with E-state index in [0.717, 1.165) is 8.87 Å². The van der Waals surface area contributed by atoms with Gasteiger partial charge in [-0.1, -0.05) is 0 Å². The summed E-state index contributed by atoms with van der Waals surface area (Å²) in [4.78, 5) is 8.90. The summed E-state index contributed by atoms with van der Waals surface area (Å²) in [5, 5.41) is 7.12. The third-order valence-corrected chi connectivity index (χ3v) is 7.06. The molecule has 1 N–H and O–H groups in total. The van der Waals surface area contributed by atoms with Gasteiger partial charge in [-0.05, 0) is 0 Å². The van der Waals surface area contributed by atoms with Crippen LogP contribution in [0.4, 0.5) is 13.2 Å². The van der Waals surface area contributed by atoms with Gasteiger partial charge in [0.25, 0.3) is 0 Å². The molecule has 17 heavy (non-hydrogen) atoms. The van der Waals surface area contributed by atoms with E-state index < -0.39 is 31.9 Å². The fraction of sp³-hybridized carbons (Fsp3) is 0.900. The Morgan fingerprint density at radius 3 is 1.59 bits per heavy atom. The van der Waals surface area contributed by atoms with E-state index in [9.17, 15) is 16.2 Å². The van der Waals surface area contributed by atoms with Crippen LogP contribution in [-0.2, 0) is 7.87 Å². The van der Waals surface area contributed by atoms with Gasteiger partial charge in [0.2, 0.25) is 0 Å². The Hall–Kier alpha value is -0.141. The first kappa shape index (κ1) is 19.2. The number of hydrogen-bond donors (Lipinski definition) is 1. The Kier molecular flexibility index (Phi) is 12.4. The van der Waals surface area contributed by atoms with Gasteiger partial charge in [0, 0.05) is 0 Å². The van der Waals surface area contributed by atoms with Crippen molar-refractivity contribution < 1.29 is 26.1 Å². The summed E-state index contributed by atoms with van der Waals surface area (Å²) < 4.78 is 45.1. The first-order valence-electron chi connectivity index (χ1n) is 5.57. The maximum absolute atomic E-state index is 11.2. The summed E-state index contributed by atoms with van der Waals surface area (Å²) in [5.41, 5.74) is 0. The maximum atomic E-state index is 11.2. The van der Waals surface area contributed by atoms with Crippen LogP contribution in [-0.4, -0.2) is 37.0 Å². The van der Waals surface area contributed by atoms with Gasteiger partial charge < -0.3 is 5.11 Å². The predicted octanol–water partition coefficient (Wildman–Crippen LogP) is 3.64. The number of rotatable bonds is 6. The number of aliphatic carboxylic acids is 1. The third-order valence-electron chi connectivity index (χ3n) is 1.86. The molecule has 0 rings (SSSR count). The molecule has 0 aliphatic heterocycles. The zero-order valence-electron chi connectivity index (χ0n) is 10.1. The van der Waals surface area contributed by atoms with Crippen molar-refractivity contribution in [2.75, 3.05) is 0 Å². The molecule has 0 heterocycles. The van der Waals surface area contributed by atoms with E-state index in [1.54, 1.807) is 0 Å². The van der Waals surface area contributed by atoms with Crippen molar-refractivity contribution in [1.29, 1.82) is 0 Å². The molecule has 3 nitrogen and oxygen atoms in total. The molecule has 0 fully saturated rings. The van der Waals surface area contributed by atoms with Gasteiger partial charge in [0.05, 0.1) is 0 Å². The average Bonchev–Trinajstić information content (AvgIpc) is 2.23. The third kappa shape index (κ3) is 15.9. The van der Waals surface area contributed by atoms with E-state index in [0.29, 0.717) is 0 Å². The normalized spacial score (nSPS) is 10.4. The Labute approximate surface area is 107 Å². The van der Waals surface area contributed by atoms with E-state index in [1.165, 1.54) is 25.7 Å². The van der Waals surface area contributed by atoms with Crippen LogP contribution >= 0.6 is 0 Å². The SMILES string of the molecule is CCC[CH2][Sn](=[O])[CH2]CCC.O=C(O)C(F)(F)F. The molecule has 0 aromatic carbocycles. The molecule has 7 heteroatoms. The van der Waals surface area contributed by atoms with E-state index in [2.05, 4.69) is 13.8 Å². The van der Waals surface area contributed by atoms with Gasteiger partial charge in [0.1, 0.15) is 0 Å². The van der Waals surface area contributed by atoms with Crippen LogP contribution in [0.2, 0.25) is 8.87 Å². The maximum Gasteiger partial charge on any atom is 0.490 e. The minimum Gasteiger partial charge on any atom is -0.475 e. The number of alkyl halides is 3. The predicted molar refractivity (Wildman–Crippen MR) is 59.6 cm³/mol. The first-order valence-corrected chi connectivity index (χ1v) is 10.8. The average molecular weight is 363 g/mol. The smallest absolute Gasteiger partial charge is 0.475 e. The monoisotopic (exact) mass is 364 g/mol. The molecule has 0 saturated heterocycles. The number of carboxylic acids is 1. The number of unbranched alkanes of at least 4 members (excludes halogenated alkanes) is 2. The molecule has 0 aromatic rings. The second-order valence-corrected chi connectivity index (χ2v) is 9.48. The van der Waals surface area contributed by atoms with Crippen molar-refractivity contribution in [2.24, 2.45) is 0 Å². The number of hydrogen-bond acceptors (Lipinski definition) is 2. The van der Waals surface area contributed by atoms with Crippen LogP contribution in [0.1, 0.15) is 39.5 Å². The van der Waals surface area contributed by atoms with Crippen LogP contribution in [0.25, 0.3) is 0 Å². The summed E-state index contributed by atoms with van der Waals surface area (Å²) >= 11 is -1.99. The van der Waals surface area contributed by atoms with Crippen LogP contribution in [0, 0.1) is 0 Å². The summed E-state index contributed by atoms with van der Waals surface area (Å²) in [6.45, 7) is 4.33. The van der Waals surface area contributed by atoms with Gasteiger partial charge in [-0.3, -0.25) is 0 Å². The summed E-state index contributed by atoms with van der Waals surface area (Å²) in [7, 11) is 0. The molecule has 0 spiro atoms. The van der Waals surface area contributed by atoms with Gasteiger partial charge >= 0.3 is 83.4 Å². The van der Waals surface area contributed by atoms with Crippen molar-refractivity contribution in [3.8, 4) is 0 Å². The van der Waals surface area contributed by atoms with E-state index >= 15 is 0 Å². The second-order valence-electron chi connectivity index (χ2n) is 3.55. The largest absolute Gasteiger partial charge is 0.490 e. The summed E-state index contributed by atoms with van der Waals surface area (Å²) in [6, 6.07) is 0. The number of halogens is 3. The van der Waals surface area contributed by atoms with E-state index in [-0.39, 0.29) is 0 Å². The molecule has 0 saturated carbocycles. The molecule has 0 unspecified atom stereocenters. The summed E-state index contributed by atoms with van der Waals surface area (Å²) in [5.74, 6) is -2.76. The molecule has 0 atom stereocenters. The fourth-order valence-corrected chi connectivity index (χ4v) is 5.86. The van der Waals surface area contributed by atoms with Crippen molar-refractivity contribution in [3.63, 3.8) is 0 Å². The first-order chi connectivity index (χ1) is 7.75. The van der Waals surface area contributed by atoms with Gasteiger partial charge in [-0.2, -0.15) is 13.2 Å². The van der Waals surface area contributed by atoms with Crippen LogP contribution in [0.3, 0.4) is 0 Å². The van der Waals surface area contributed by atoms with Gasteiger partial charge in [-0.25, -0.2) is 4.79 Å². The minimum absolute atomic E-state index is 1.08.